The molecule has 6 nitrogen and oxygen atoms in total. The van der Waals surface area contributed by atoms with E-state index in [1.165, 1.54) is 19.3 Å². The van der Waals surface area contributed by atoms with Crippen molar-refractivity contribution in [3.8, 4) is 0 Å². The number of nitrogens with one attached hydrogen (secondary N) is 1. The van der Waals surface area contributed by atoms with Gasteiger partial charge in [-0.05, 0) is 25.2 Å². The van der Waals surface area contributed by atoms with Crippen LogP contribution in [0.2, 0.25) is 0 Å². The standard InChI is InChI=1S/C16H32NO5P/c1-2-3-4-5-9-12-16(18)17-15(13-22-23(19,20)21)14-10-7-6-8-11-14/h14-15H,2-13H2,1H3,(H,17,18)(H2,19,20,21)/t15-/m0/s1. The minimum Gasteiger partial charge on any atom is -0.351 e. The molecule has 7 heteroatoms. The van der Waals surface area contributed by atoms with Crippen molar-refractivity contribution in [3.05, 3.63) is 0 Å². The maximum absolute atomic E-state index is 12.1. The summed E-state index contributed by atoms with van der Waals surface area (Å²) in [5.74, 6) is 0.214. The van der Waals surface area contributed by atoms with E-state index in [1.54, 1.807) is 0 Å². The van der Waals surface area contributed by atoms with Crippen LogP contribution in [0.5, 0.6) is 0 Å². The largest absolute Gasteiger partial charge is 0.469 e. The highest BCUT2D eigenvalue weighted by molar-refractivity contribution is 7.46. The van der Waals surface area contributed by atoms with Crippen LogP contribution in [0, 0.1) is 5.92 Å². The van der Waals surface area contributed by atoms with Crippen LogP contribution in [0.25, 0.3) is 0 Å². The number of carbonyl (C=O) groups excluding carboxylic acids is 1. The van der Waals surface area contributed by atoms with E-state index in [1.807, 2.05) is 0 Å². The lowest BCUT2D eigenvalue weighted by Gasteiger charge is -2.30. The van der Waals surface area contributed by atoms with Gasteiger partial charge in [-0.2, -0.15) is 0 Å². The Balaban J connectivity index is 2.40. The lowest BCUT2D eigenvalue weighted by molar-refractivity contribution is -0.122. The Hall–Kier alpha value is -0.420. The Labute approximate surface area is 139 Å². The molecule has 0 saturated heterocycles. The van der Waals surface area contributed by atoms with Crippen LogP contribution in [0.4, 0.5) is 0 Å². The maximum atomic E-state index is 12.1. The van der Waals surface area contributed by atoms with Gasteiger partial charge in [-0.1, -0.05) is 51.9 Å². The molecule has 0 unspecified atom stereocenters. The first-order chi connectivity index (χ1) is 10.9. The number of phosphoric acid groups is 1. The molecular formula is C16H32NO5P. The molecule has 0 radical (unpaired) electrons. The number of phosphoric ester groups is 1. The van der Waals surface area contributed by atoms with Crippen molar-refractivity contribution in [2.24, 2.45) is 5.92 Å². The Morgan fingerprint density at radius 3 is 2.43 bits per heavy atom. The zero-order valence-electron chi connectivity index (χ0n) is 14.2. The molecule has 1 rings (SSSR count). The highest BCUT2D eigenvalue weighted by Gasteiger charge is 2.27. The lowest BCUT2D eigenvalue weighted by Crippen LogP contribution is -2.44. The Morgan fingerprint density at radius 2 is 1.83 bits per heavy atom. The third-order valence-corrected chi connectivity index (χ3v) is 4.98. The molecule has 23 heavy (non-hydrogen) atoms. The quantitative estimate of drug-likeness (QED) is 0.392. The molecular weight excluding hydrogens is 317 g/mol. The van der Waals surface area contributed by atoms with Gasteiger partial charge < -0.3 is 15.1 Å². The third-order valence-electron chi connectivity index (χ3n) is 4.49. The van der Waals surface area contributed by atoms with Crippen molar-refractivity contribution in [2.75, 3.05) is 6.61 Å². The molecule has 0 bridgehead atoms. The van der Waals surface area contributed by atoms with Crippen molar-refractivity contribution < 1.29 is 23.7 Å². The van der Waals surface area contributed by atoms with Gasteiger partial charge in [0.05, 0.1) is 12.6 Å². The van der Waals surface area contributed by atoms with Crippen molar-refractivity contribution in [1.29, 1.82) is 0 Å². The van der Waals surface area contributed by atoms with Crippen molar-refractivity contribution >= 4 is 13.7 Å². The molecule has 0 aromatic rings. The number of carbonyl (C=O) groups is 1. The normalized spacial score (nSPS) is 17.9. The van der Waals surface area contributed by atoms with E-state index in [4.69, 9.17) is 9.79 Å². The van der Waals surface area contributed by atoms with E-state index in [0.29, 0.717) is 6.42 Å². The number of hydrogen-bond acceptors (Lipinski definition) is 3. The Kier molecular flexibility index (Phi) is 10.0. The molecule has 1 aliphatic rings. The fraction of sp³-hybridized carbons (Fsp3) is 0.938. The molecule has 3 N–H and O–H groups in total. The molecule has 0 aromatic carbocycles. The fourth-order valence-electron chi connectivity index (χ4n) is 3.18. The number of hydrogen-bond donors (Lipinski definition) is 3. The summed E-state index contributed by atoms with van der Waals surface area (Å²) in [6.07, 6.45) is 11.3. The molecule has 1 aliphatic carbocycles. The number of amides is 1. The lowest BCUT2D eigenvalue weighted by atomic mass is 9.84. The summed E-state index contributed by atoms with van der Waals surface area (Å²) >= 11 is 0. The van der Waals surface area contributed by atoms with Gasteiger partial charge >= 0.3 is 7.82 Å². The molecule has 1 saturated carbocycles. The topological polar surface area (TPSA) is 95.9 Å². The van der Waals surface area contributed by atoms with Crippen molar-refractivity contribution in [3.63, 3.8) is 0 Å². The predicted molar refractivity (Wildman–Crippen MR) is 89.9 cm³/mol. The molecule has 1 fully saturated rings. The van der Waals surface area contributed by atoms with Crippen molar-refractivity contribution in [2.45, 2.75) is 83.6 Å². The second-order valence-corrected chi connectivity index (χ2v) is 7.76. The number of rotatable bonds is 11. The first kappa shape index (κ1) is 20.6. The zero-order chi connectivity index (χ0) is 17.1. The molecule has 0 aliphatic heterocycles. The van der Waals surface area contributed by atoms with Crippen LogP contribution in [0.3, 0.4) is 0 Å². The van der Waals surface area contributed by atoms with E-state index in [-0.39, 0.29) is 24.5 Å². The molecule has 0 aromatic heterocycles. The summed E-state index contributed by atoms with van der Waals surface area (Å²) in [5.41, 5.74) is 0. The van der Waals surface area contributed by atoms with Crippen LogP contribution in [-0.2, 0) is 13.9 Å². The SMILES string of the molecule is CCCCCCCC(=O)N[C@@H](COP(=O)(O)O)C1CCCCC1. The van der Waals surface area contributed by atoms with Crippen LogP contribution in [0.1, 0.15) is 77.6 Å². The van der Waals surface area contributed by atoms with E-state index in [2.05, 4.69) is 16.8 Å². The van der Waals surface area contributed by atoms with Gasteiger partial charge in [-0.15, -0.1) is 0 Å². The highest BCUT2D eigenvalue weighted by Crippen LogP contribution is 2.37. The smallest absolute Gasteiger partial charge is 0.351 e. The maximum Gasteiger partial charge on any atom is 0.469 e. The first-order valence-electron chi connectivity index (χ1n) is 8.92. The summed E-state index contributed by atoms with van der Waals surface area (Å²) < 4.78 is 15.6. The van der Waals surface area contributed by atoms with Crippen LogP contribution < -0.4 is 5.32 Å². The third kappa shape index (κ3) is 10.1. The first-order valence-corrected chi connectivity index (χ1v) is 10.4. The van der Waals surface area contributed by atoms with Gasteiger partial charge in [0.2, 0.25) is 5.91 Å². The molecule has 0 spiro atoms. The van der Waals surface area contributed by atoms with Gasteiger partial charge in [-0.3, -0.25) is 9.32 Å². The summed E-state index contributed by atoms with van der Waals surface area (Å²) in [6.45, 7) is 2.04. The van der Waals surface area contributed by atoms with Gasteiger partial charge in [0.1, 0.15) is 0 Å². The zero-order valence-corrected chi connectivity index (χ0v) is 15.1. The fourth-order valence-corrected chi connectivity index (χ4v) is 3.53. The van der Waals surface area contributed by atoms with E-state index in [0.717, 1.165) is 44.9 Å². The summed E-state index contributed by atoms with van der Waals surface area (Å²) in [6, 6.07) is -0.300. The van der Waals surface area contributed by atoms with Crippen LogP contribution in [0.15, 0.2) is 0 Å². The van der Waals surface area contributed by atoms with Gasteiger partial charge in [-0.25, -0.2) is 4.57 Å². The Morgan fingerprint density at radius 1 is 1.17 bits per heavy atom. The average Bonchev–Trinajstić information content (AvgIpc) is 2.51. The second-order valence-electron chi connectivity index (χ2n) is 6.52. The predicted octanol–water partition coefficient (Wildman–Crippen LogP) is 3.52. The summed E-state index contributed by atoms with van der Waals surface area (Å²) in [4.78, 5) is 29.9. The summed E-state index contributed by atoms with van der Waals surface area (Å²) in [5, 5.41) is 2.94. The summed E-state index contributed by atoms with van der Waals surface area (Å²) in [7, 11) is -4.50. The molecule has 1 amide bonds. The van der Waals surface area contributed by atoms with Gasteiger partial charge in [0.15, 0.2) is 0 Å². The van der Waals surface area contributed by atoms with Crippen LogP contribution >= 0.6 is 7.82 Å². The van der Waals surface area contributed by atoms with E-state index >= 15 is 0 Å². The van der Waals surface area contributed by atoms with E-state index in [9.17, 15) is 9.36 Å². The highest BCUT2D eigenvalue weighted by atomic mass is 31.2. The second kappa shape index (κ2) is 11.2. The van der Waals surface area contributed by atoms with Crippen molar-refractivity contribution in [1.82, 2.24) is 5.32 Å². The Bertz CT molecular complexity index is 379. The monoisotopic (exact) mass is 349 g/mol. The minimum absolute atomic E-state index is 0.0358. The van der Waals surface area contributed by atoms with E-state index < -0.39 is 7.82 Å². The molecule has 1 atom stereocenters. The van der Waals surface area contributed by atoms with Gasteiger partial charge in [0, 0.05) is 6.42 Å². The minimum atomic E-state index is -4.50. The van der Waals surface area contributed by atoms with Gasteiger partial charge in [0.25, 0.3) is 0 Å². The van der Waals surface area contributed by atoms with Crippen LogP contribution in [-0.4, -0.2) is 28.3 Å². The number of unbranched alkanes of at least 4 members (excludes halogenated alkanes) is 4. The molecule has 136 valence electrons. The molecule has 0 heterocycles. The average molecular weight is 349 g/mol.